The third kappa shape index (κ3) is 4.47. The summed E-state index contributed by atoms with van der Waals surface area (Å²) in [5, 5.41) is 14.1. The standard InChI is InChI=1S/C20H22FNO4S/c21-14-6-8-15(9-7-14)26-16(18(23)24)13-22-19(25)20(10-2-1-3-11-20)17-5-4-12-27-17/h4-9,12,16H,1-3,10-11,13H2,(H,22,25)(H,23,24). The van der Waals surface area contributed by atoms with Gasteiger partial charge in [0.25, 0.3) is 0 Å². The Labute approximate surface area is 161 Å². The molecule has 1 unspecified atom stereocenters. The third-order valence-corrected chi connectivity index (χ3v) is 6.02. The van der Waals surface area contributed by atoms with Crippen molar-refractivity contribution in [3.05, 3.63) is 52.5 Å². The molecule has 144 valence electrons. The topological polar surface area (TPSA) is 75.6 Å². The zero-order valence-corrected chi connectivity index (χ0v) is 15.6. The maximum absolute atomic E-state index is 13.0. The first-order valence-corrected chi connectivity index (χ1v) is 9.86. The Kier molecular flexibility index (Phi) is 6.11. The average molecular weight is 391 g/mol. The molecule has 0 bridgehead atoms. The van der Waals surface area contributed by atoms with Crippen LogP contribution in [-0.4, -0.2) is 29.6 Å². The van der Waals surface area contributed by atoms with Crippen LogP contribution in [0.2, 0.25) is 0 Å². The van der Waals surface area contributed by atoms with E-state index in [2.05, 4.69) is 5.32 Å². The Hall–Kier alpha value is -2.41. The Morgan fingerprint density at radius 2 is 1.89 bits per heavy atom. The second kappa shape index (κ2) is 8.52. The molecule has 1 aromatic carbocycles. The highest BCUT2D eigenvalue weighted by atomic mass is 32.1. The van der Waals surface area contributed by atoms with Crippen LogP contribution in [-0.2, 0) is 15.0 Å². The number of benzene rings is 1. The van der Waals surface area contributed by atoms with Crippen LogP contribution in [0.1, 0.15) is 37.0 Å². The number of nitrogens with one attached hydrogen (secondary N) is 1. The van der Waals surface area contributed by atoms with Crippen LogP contribution in [0.5, 0.6) is 5.75 Å². The molecule has 5 nitrogen and oxygen atoms in total. The maximum atomic E-state index is 13.0. The van der Waals surface area contributed by atoms with Crippen LogP contribution in [0.25, 0.3) is 0 Å². The quantitative estimate of drug-likeness (QED) is 0.754. The molecule has 0 radical (unpaired) electrons. The van der Waals surface area contributed by atoms with Crippen molar-refractivity contribution < 1.29 is 23.8 Å². The van der Waals surface area contributed by atoms with Crippen molar-refractivity contribution in [3.63, 3.8) is 0 Å². The summed E-state index contributed by atoms with van der Waals surface area (Å²) in [6.45, 7) is -0.154. The van der Waals surface area contributed by atoms with Crippen molar-refractivity contribution in [2.45, 2.75) is 43.6 Å². The fourth-order valence-corrected chi connectivity index (χ4v) is 4.49. The van der Waals surface area contributed by atoms with E-state index in [1.807, 2.05) is 17.5 Å². The summed E-state index contributed by atoms with van der Waals surface area (Å²) < 4.78 is 18.4. The number of halogens is 1. The van der Waals surface area contributed by atoms with Crippen LogP contribution in [0.3, 0.4) is 0 Å². The predicted octanol–water partition coefficient (Wildman–Crippen LogP) is 3.74. The first-order chi connectivity index (χ1) is 13.0. The summed E-state index contributed by atoms with van der Waals surface area (Å²) in [5.74, 6) is -1.53. The van der Waals surface area contributed by atoms with Crippen LogP contribution in [0.4, 0.5) is 4.39 Å². The number of carbonyl (C=O) groups excluding carboxylic acids is 1. The molecule has 1 atom stereocenters. The van der Waals surface area contributed by atoms with E-state index >= 15 is 0 Å². The van der Waals surface area contributed by atoms with Crippen LogP contribution in [0.15, 0.2) is 41.8 Å². The fraction of sp³-hybridized carbons (Fsp3) is 0.400. The maximum Gasteiger partial charge on any atom is 0.346 e. The zero-order valence-electron chi connectivity index (χ0n) is 14.8. The highest BCUT2D eigenvalue weighted by Gasteiger charge is 2.42. The minimum absolute atomic E-state index is 0.154. The molecule has 0 spiro atoms. The minimum atomic E-state index is -1.25. The number of amides is 1. The molecule has 0 aliphatic heterocycles. The van der Waals surface area contributed by atoms with Crippen LogP contribution < -0.4 is 10.1 Å². The number of thiophene rings is 1. The molecule has 3 rings (SSSR count). The Morgan fingerprint density at radius 1 is 1.19 bits per heavy atom. The number of carboxylic acids is 1. The van der Waals surface area contributed by atoms with Gasteiger partial charge in [-0.25, -0.2) is 9.18 Å². The fourth-order valence-electron chi connectivity index (χ4n) is 3.50. The third-order valence-electron chi connectivity index (χ3n) is 4.95. The number of carbonyl (C=O) groups is 2. The van der Waals surface area contributed by atoms with Gasteiger partial charge in [-0.2, -0.15) is 0 Å². The second-order valence-electron chi connectivity index (χ2n) is 6.73. The van der Waals surface area contributed by atoms with E-state index in [0.29, 0.717) is 0 Å². The molecular weight excluding hydrogens is 369 g/mol. The average Bonchev–Trinajstić information content (AvgIpc) is 3.22. The molecule has 1 heterocycles. The molecule has 7 heteroatoms. The van der Waals surface area contributed by atoms with Gasteiger partial charge in [0, 0.05) is 4.88 Å². The van der Waals surface area contributed by atoms with E-state index in [9.17, 15) is 19.1 Å². The van der Waals surface area contributed by atoms with Gasteiger partial charge in [-0.1, -0.05) is 25.3 Å². The van der Waals surface area contributed by atoms with Gasteiger partial charge in [-0.05, 0) is 48.6 Å². The van der Waals surface area contributed by atoms with Gasteiger partial charge in [0.05, 0.1) is 12.0 Å². The first-order valence-electron chi connectivity index (χ1n) is 8.98. The number of aliphatic carboxylic acids is 1. The summed E-state index contributed by atoms with van der Waals surface area (Å²) in [5.41, 5.74) is -0.592. The number of carboxylic acid groups (broad SMARTS) is 1. The van der Waals surface area contributed by atoms with E-state index in [4.69, 9.17) is 4.74 Å². The summed E-state index contributed by atoms with van der Waals surface area (Å²) in [7, 11) is 0. The van der Waals surface area contributed by atoms with Gasteiger partial charge < -0.3 is 15.2 Å². The second-order valence-corrected chi connectivity index (χ2v) is 7.68. The molecule has 1 saturated carbocycles. The van der Waals surface area contributed by atoms with Crippen molar-refractivity contribution in [1.29, 1.82) is 0 Å². The number of hydrogen-bond donors (Lipinski definition) is 2. The Balaban J connectivity index is 1.69. The predicted molar refractivity (Wildman–Crippen MR) is 101 cm³/mol. The molecule has 1 fully saturated rings. The molecule has 27 heavy (non-hydrogen) atoms. The van der Waals surface area contributed by atoms with Crippen molar-refractivity contribution >= 4 is 23.2 Å². The van der Waals surface area contributed by atoms with Crippen LogP contribution in [0, 0.1) is 5.82 Å². The lowest BCUT2D eigenvalue weighted by Gasteiger charge is -2.35. The Bertz CT molecular complexity index is 770. The first kappa shape index (κ1) is 19.4. The number of hydrogen-bond acceptors (Lipinski definition) is 4. The highest BCUT2D eigenvalue weighted by Crippen LogP contribution is 2.41. The van der Waals surface area contributed by atoms with Gasteiger partial charge in [0.15, 0.2) is 0 Å². The van der Waals surface area contributed by atoms with E-state index in [1.165, 1.54) is 24.3 Å². The van der Waals surface area contributed by atoms with Gasteiger partial charge >= 0.3 is 5.97 Å². The monoisotopic (exact) mass is 391 g/mol. The highest BCUT2D eigenvalue weighted by molar-refractivity contribution is 7.10. The summed E-state index contributed by atoms with van der Waals surface area (Å²) in [4.78, 5) is 25.6. The van der Waals surface area contributed by atoms with Gasteiger partial charge in [0.1, 0.15) is 11.6 Å². The van der Waals surface area contributed by atoms with E-state index in [-0.39, 0.29) is 18.2 Å². The normalized spacial score (nSPS) is 17.1. The zero-order chi connectivity index (χ0) is 19.3. The van der Waals surface area contributed by atoms with E-state index in [1.54, 1.807) is 11.3 Å². The van der Waals surface area contributed by atoms with Gasteiger partial charge in [-0.15, -0.1) is 11.3 Å². The summed E-state index contributed by atoms with van der Waals surface area (Å²) >= 11 is 1.56. The minimum Gasteiger partial charge on any atom is -0.478 e. The van der Waals surface area contributed by atoms with Crippen LogP contribution >= 0.6 is 11.3 Å². The molecule has 1 aliphatic carbocycles. The Morgan fingerprint density at radius 3 is 2.48 bits per heavy atom. The molecule has 1 aromatic heterocycles. The van der Waals surface area contributed by atoms with E-state index < -0.39 is 23.3 Å². The van der Waals surface area contributed by atoms with Gasteiger partial charge in [0.2, 0.25) is 12.0 Å². The lowest BCUT2D eigenvalue weighted by molar-refractivity contribution is -0.145. The molecule has 1 amide bonds. The van der Waals surface area contributed by atoms with Crippen molar-refractivity contribution in [1.82, 2.24) is 5.32 Å². The van der Waals surface area contributed by atoms with E-state index in [0.717, 1.165) is 37.0 Å². The molecular formula is C20H22FNO4S. The lowest BCUT2D eigenvalue weighted by Crippen LogP contribution is -2.49. The van der Waals surface area contributed by atoms with Gasteiger partial charge in [-0.3, -0.25) is 4.79 Å². The van der Waals surface area contributed by atoms with Crippen molar-refractivity contribution in [2.24, 2.45) is 0 Å². The van der Waals surface area contributed by atoms with Crippen molar-refractivity contribution in [3.8, 4) is 5.75 Å². The molecule has 2 aromatic rings. The molecule has 0 saturated heterocycles. The largest absolute Gasteiger partial charge is 0.478 e. The molecule has 1 aliphatic rings. The summed E-state index contributed by atoms with van der Waals surface area (Å²) in [6, 6.07) is 9.02. The number of rotatable bonds is 7. The van der Waals surface area contributed by atoms with Crippen molar-refractivity contribution in [2.75, 3.05) is 6.54 Å². The SMILES string of the molecule is O=C(O)C(CNC(=O)C1(c2cccs2)CCCCC1)Oc1ccc(F)cc1. The number of ether oxygens (including phenoxy) is 1. The smallest absolute Gasteiger partial charge is 0.346 e. The molecule has 2 N–H and O–H groups in total. The summed E-state index contributed by atoms with van der Waals surface area (Å²) in [6.07, 6.45) is 3.32. The lowest BCUT2D eigenvalue weighted by atomic mass is 9.72.